The highest BCUT2D eigenvalue weighted by Gasteiger charge is 2.34. The minimum Gasteiger partial charge on any atom is -0.478 e. The minimum absolute atomic E-state index is 0.00629. The van der Waals surface area contributed by atoms with Crippen LogP contribution in [0.1, 0.15) is 28.8 Å². The third kappa shape index (κ3) is 4.30. The SMILES string of the molecule is COC[C@@H]1C[C@H](OC)CN1C(=O)CCc1ccccc1C(=O)O. The Hall–Kier alpha value is -1.92. The van der Waals surface area contributed by atoms with Crippen molar-refractivity contribution < 1.29 is 24.2 Å². The fourth-order valence-corrected chi connectivity index (χ4v) is 3.03. The maximum Gasteiger partial charge on any atom is 0.335 e. The molecule has 6 heteroatoms. The molecule has 1 aliphatic rings. The van der Waals surface area contributed by atoms with Gasteiger partial charge in [-0.15, -0.1) is 0 Å². The van der Waals surface area contributed by atoms with Crippen LogP contribution in [0, 0.1) is 0 Å². The van der Waals surface area contributed by atoms with E-state index < -0.39 is 5.97 Å². The molecular weight excluding hydrogens is 298 g/mol. The van der Waals surface area contributed by atoms with Gasteiger partial charge in [-0.25, -0.2) is 4.79 Å². The van der Waals surface area contributed by atoms with E-state index >= 15 is 0 Å². The first-order chi connectivity index (χ1) is 11.1. The van der Waals surface area contributed by atoms with Gasteiger partial charge in [0.05, 0.1) is 24.3 Å². The lowest BCUT2D eigenvalue weighted by Gasteiger charge is -2.24. The quantitative estimate of drug-likeness (QED) is 0.825. The van der Waals surface area contributed by atoms with Gasteiger partial charge in [-0.3, -0.25) is 4.79 Å². The van der Waals surface area contributed by atoms with E-state index in [0.29, 0.717) is 25.1 Å². The number of aromatic carboxylic acids is 1. The number of amides is 1. The highest BCUT2D eigenvalue weighted by Crippen LogP contribution is 2.22. The average Bonchev–Trinajstić information content (AvgIpc) is 2.96. The van der Waals surface area contributed by atoms with Crippen molar-refractivity contribution in [2.24, 2.45) is 0 Å². The van der Waals surface area contributed by atoms with Crippen molar-refractivity contribution in [3.05, 3.63) is 35.4 Å². The van der Waals surface area contributed by atoms with E-state index in [1.807, 2.05) is 0 Å². The van der Waals surface area contributed by atoms with Crippen molar-refractivity contribution in [3.8, 4) is 0 Å². The van der Waals surface area contributed by atoms with E-state index in [4.69, 9.17) is 9.47 Å². The predicted molar refractivity (Wildman–Crippen MR) is 84.5 cm³/mol. The molecule has 0 spiro atoms. The van der Waals surface area contributed by atoms with E-state index in [2.05, 4.69) is 0 Å². The molecule has 2 rings (SSSR count). The molecule has 1 aromatic carbocycles. The van der Waals surface area contributed by atoms with Gasteiger partial charge >= 0.3 is 5.97 Å². The van der Waals surface area contributed by atoms with Gasteiger partial charge in [0.25, 0.3) is 0 Å². The first-order valence-corrected chi connectivity index (χ1v) is 7.69. The third-order valence-electron chi connectivity index (χ3n) is 4.24. The molecule has 1 heterocycles. The van der Waals surface area contributed by atoms with Gasteiger partial charge in [-0.1, -0.05) is 18.2 Å². The number of methoxy groups -OCH3 is 2. The van der Waals surface area contributed by atoms with E-state index in [-0.39, 0.29) is 30.0 Å². The number of ether oxygens (including phenoxy) is 2. The van der Waals surface area contributed by atoms with Crippen LogP contribution in [0.25, 0.3) is 0 Å². The Morgan fingerprint density at radius 3 is 2.70 bits per heavy atom. The number of carboxylic acids is 1. The Kier molecular flexibility index (Phi) is 6.12. The lowest BCUT2D eigenvalue weighted by Crippen LogP contribution is -2.38. The fraction of sp³-hybridized carbons (Fsp3) is 0.529. The van der Waals surface area contributed by atoms with Crippen LogP contribution in [-0.2, 0) is 20.7 Å². The lowest BCUT2D eigenvalue weighted by molar-refractivity contribution is -0.133. The zero-order valence-electron chi connectivity index (χ0n) is 13.5. The smallest absolute Gasteiger partial charge is 0.335 e. The maximum absolute atomic E-state index is 12.5. The summed E-state index contributed by atoms with van der Waals surface area (Å²) in [7, 11) is 3.26. The molecule has 23 heavy (non-hydrogen) atoms. The van der Waals surface area contributed by atoms with Crippen molar-refractivity contribution in [1.82, 2.24) is 4.90 Å². The average molecular weight is 321 g/mol. The van der Waals surface area contributed by atoms with Gasteiger partial charge in [-0.05, 0) is 24.5 Å². The van der Waals surface area contributed by atoms with Crippen molar-refractivity contribution in [1.29, 1.82) is 0 Å². The number of aryl methyl sites for hydroxylation is 1. The minimum atomic E-state index is -0.967. The first kappa shape index (κ1) is 17.4. The highest BCUT2D eigenvalue weighted by atomic mass is 16.5. The Balaban J connectivity index is 2.00. The molecule has 0 saturated carbocycles. The number of nitrogens with zero attached hydrogens (tertiary/aromatic N) is 1. The molecular formula is C17H23NO5. The van der Waals surface area contributed by atoms with Crippen LogP contribution in [0.4, 0.5) is 0 Å². The second kappa shape index (κ2) is 8.08. The molecule has 1 fully saturated rings. The van der Waals surface area contributed by atoms with Crippen molar-refractivity contribution in [2.45, 2.75) is 31.4 Å². The van der Waals surface area contributed by atoms with Gasteiger partial charge in [0.15, 0.2) is 0 Å². The van der Waals surface area contributed by atoms with Crippen molar-refractivity contribution in [2.75, 3.05) is 27.4 Å². The molecule has 126 valence electrons. The Labute approximate surface area is 136 Å². The van der Waals surface area contributed by atoms with Crippen LogP contribution in [-0.4, -0.2) is 61.4 Å². The number of benzene rings is 1. The number of hydrogen-bond acceptors (Lipinski definition) is 4. The molecule has 0 bridgehead atoms. The van der Waals surface area contributed by atoms with Gasteiger partial charge < -0.3 is 19.5 Å². The Morgan fingerprint density at radius 1 is 1.30 bits per heavy atom. The molecule has 1 aromatic rings. The predicted octanol–water partition coefficient (Wildman–Crippen LogP) is 1.58. The molecule has 6 nitrogen and oxygen atoms in total. The number of carbonyl (C=O) groups is 2. The third-order valence-corrected chi connectivity index (χ3v) is 4.24. The van der Waals surface area contributed by atoms with Crippen LogP contribution >= 0.6 is 0 Å². The molecule has 0 aromatic heterocycles. The monoisotopic (exact) mass is 321 g/mol. The summed E-state index contributed by atoms with van der Waals surface area (Å²) in [5.74, 6) is -0.960. The van der Waals surface area contributed by atoms with E-state index in [1.54, 1.807) is 43.4 Å². The number of carbonyl (C=O) groups excluding carboxylic acids is 1. The maximum atomic E-state index is 12.5. The van der Waals surface area contributed by atoms with E-state index in [0.717, 1.165) is 6.42 Å². The molecule has 0 radical (unpaired) electrons. The first-order valence-electron chi connectivity index (χ1n) is 7.69. The van der Waals surface area contributed by atoms with Crippen LogP contribution < -0.4 is 0 Å². The Bertz CT molecular complexity index is 560. The van der Waals surface area contributed by atoms with Crippen LogP contribution in [0.3, 0.4) is 0 Å². The molecule has 0 aliphatic carbocycles. The summed E-state index contributed by atoms with van der Waals surface area (Å²) in [4.78, 5) is 25.5. The summed E-state index contributed by atoms with van der Waals surface area (Å²) >= 11 is 0. The molecule has 0 unspecified atom stereocenters. The van der Waals surface area contributed by atoms with Crippen LogP contribution in [0.5, 0.6) is 0 Å². The summed E-state index contributed by atoms with van der Waals surface area (Å²) in [6.45, 7) is 1.04. The normalized spacial score (nSPS) is 20.7. The Morgan fingerprint density at radius 2 is 2.04 bits per heavy atom. The second-order valence-corrected chi connectivity index (χ2v) is 5.71. The largest absolute Gasteiger partial charge is 0.478 e. The van der Waals surface area contributed by atoms with E-state index in [1.165, 1.54) is 0 Å². The van der Waals surface area contributed by atoms with Gasteiger partial charge in [0.2, 0.25) is 5.91 Å². The van der Waals surface area contributed by atoms with Crippen molar-refractivity contribution >= 4 is 11.9 Å². The summed E-state index contributed by atoms with van der Waals surface area (Å²) < 4.78 is 10.5. The lowest BCUT2D eigenvalue weighted by atomic mass is 10.0. The second-order valence-electron chi connectivity index (χ2n) is 5.71. The molecule has 1 amide bonds. The summed E-state index contributed by atoms with van der Waals surface area (Å²) in [6.07, 6.45) is 1.49. The standard InChI is InChI=1S/C17H23NO5/c1-22-11-13-9-14(23-2)10-18(13)16(19)8-7-12-5-3-4-6-15(12)17(20)21/h3-6,13-14H,7-11H2,1-2H3,(H,20,21)/t13-,14-/m0/s1. The summed E-state index contributed by atoms with van der Waals surface area (Å²) in [6, 6.07) is 6.81. The number of hydrogen-bond donors (Lipinski definition) is 1. The van der Waals surface area contributed by atoms with Crippen molar-refractivity contribution in [3.63, 3.8) is 0 Å². The van der Waals surface area contributed by atoms with Gasteiger partial charge in [0, 0.05) is 27.2 Å². The number of likely N-dealkylation sites (tertiary alicyclic amines) is 1. The van der Waals surface area contributed by atoms with Crippen LogP contribution in [0.2, 0.25) is 0 Å². The molecule has 2 atom stereocenters. The number of carboxylic acid groups (broad SMARTS) is 1. The molecule has 1 saturated heterocycles. The molecule has 1 N–H and O–H groups in total. The topological polar surface area (TPSA) is 76.1 Å². The van der Waals surface area contributed by atoms with Gasteiger partial charge in [0.1, 0.15) is 0 Å². The number of rotatable bonds is 7. The fourth-order valence-electron chi connectivity index (χ4n) is 3.03. The highest BCUT2D eigenvalue weighted by molar-refractivity contribution is 5.89. The summed E-state index contributed by atoms with van der Waals surface area (Å²) in [5, 5.41) is 9.19. The van der Waals surface area contributed by atoms with Gasteiger partial charge in [-0.2, -0.15) is 0 Å². The molecule has 1 aliphatic heterocycles. The van der Waals surface area contributed by atoms with E-state index in [9.17, 15) is 14.7 Å². The zero-order valence-corrected chi connectivity index (χ0v) is 13.5. The summed E-state index contributed by atoms with van der Waals surface area (Å²) in [5.41, 5.74) is 0.934. The van der Waals surface area contributed by atoms with Crippen LogP contribution in [0.15, 0.2) is 24.3 Å². The zero-order chi connectivity index (χ0) is 16.8.